The molecule has 4 heteroatoms. The van der Waals surface area contributed by atoms with Crippen molar-refractivity contribution in [1.29, 1.82) is 0 Å². The number of rotatable bonds is 16. The van der Waals surface area contributed by atoms with E-state index >= 15 is 0 Å². The third-order valence-electron chi connectivity index (χ3n) is 10.2. The molecule has 0 spiro atoms. The number of nitrogens with zero attached hydrogens (tertiary/aromatic N) is 2. The molecule has 45 heavy (non-hydrogen) atoms. The van der Waals surface area contributed by atoms with Gasteiger partial charge >= 0.3 is 0 Å². The second kappa shape index (κ2) is 15.9. The first-order valence-corrected chi connectivity index (χ1v) is 18.0. The van der Waals surface area contributed by atoms with E-state index in [2.05, 4.69) is 91.4 Å². The van der Waals surface area contributed by atoms with Crippen LogP contribution in [0.4, 0.5) is 0 Å². The summed E-state index contributed by atoms with van der Waals surface area (Å²) in [7, 11) is 0. The van der Waals surface area contributed by atoms with Gasteiger partial charge in [-0.25, -0.2) is 0 Å². The molecule has 0 bridgehead atoms. The molecule has 0 atom stereocenters. The zero-order valence-electron chi connectivity index (χ0n) is 30.2. The minimum atomic E-state index is 0.802. The molecular formula is C41H60N4. The van der Waals surface area contributed by atoms with Crippen molar-refractivity contribution in [3.8, 4) is 0 Å². The first kappa shape index (κ1) is 34.7. The largest absolute Gasteiger partial charge is 0.359 e. The van der Waals surface area contributed by atoms with Crippen LogP contribution in [0.1, 0.15) is 157 Å². The van der Waals surface area contributed by atoms with Crippen LogP contribution in [0.3, 0.4) is 0 Å². The molecule has 2 aliphatic rings. The number of hydrogen-bond acceptors (Lipinski definition) is 2. The van der Waals surface area contributed by atoms with Crippen molar-refractivity contribution in [2.24, 2.45) is 9.98 Å². The van der Waals surface area contributed by atoms with E-state index in [0.29, 0.717) is 0 Å². The molecule has 4 rings (SSSR count). The molecule has 0 unspecified atom stereocenters. The van der Waals surface area contributed by atoms with E-state index in [1.165, 1.54) is 130 Å². The predicted octanol–water partition coefficient (Wildman–Crippen LogP) is 12.0. The zero-order chi connectivity index (χ0) is 32.7. The number of allylic oxidation sites excluding steroid dienone is 4. The van der Waals surface area contributed by atoms with Crippen molar-refractivity contribution in [3.63, 3.8) is 0 Å². The van der Waals surface area contributed by atoms with Gasteiger partial charge in [0.05, 0.1) is 22.8 Å². The molecular weight excluding hydrogens is 548 g/mol. The second-order valence-corrected chi connectivity index (χ2v) is 13.5. The molecule has 4 nitrogen and oxygen atoms in total. The molecule has 2 aliphatic heterocycles. The summed E-state index contributed by atoms with van der Waals surface area (Å²) in [5.74, 6) is 0. The number of nitrogens with one attached hydrogen (secondary N) is 2. The highest BCUT2D eigenvalue weighted by atomic mass is 14.8. The molecule has 244 valence electrons. The van der Waals surface area contributed by atoms with Gasteiger partial charge in [0.25, 0.3) is 0 Å². The van der Waals surface area contributed by atoms with Gasteiger partial charge in [-0.2, -0.15) is 0 Å². The monoisotopic (exact) mass is 608 g/mol. The fourth-order valence-corrected chi connectivity index (χ4v) is 7.09. The van der Waals surface area contributed by atoms with Gasteiger partial charge in [-0.1, -0.05) is 53.4 Å². The first-order valence-electron chi connectivity index (χ1n) is 18.0. The lowest BCUT2D eigenvalue weighted by Crippen LogP contribution is -2.11. The van der Waals surface area contributed by atoms with E-state index in [9.17, 15) is 0 Å². The molecule has 0 amide bonds. The summed E-state index contributed by atoms with van der Waals surface area (Å²) < 4.78 is 0. The Morgan fingerprint density at radius 1 is 0.511 bits per heavy atom. The summed E-state index contributed by atoms with van der Waals surface area (Å²) in [4.78, 5) is 18.1. The third-order valence-corrected chi connectivity index (χ3v) is 10.2. The molecule has 2 aromatic rings. The van der Waals surface area contributed by atoms with Gasteiger partial charge in [-0.15, -0.1) is 0 Å². The number of aromatic amines is 2. The maximum absolute atomic E-state index is 5.37. The van der Waals surface area contributed by atoms with Crippen molar-refractivity contribution in [2.45, 2.75) is 153 Å². The van der Waals surface area contributed by atoms with Gasteiger partial charge < -0.3 is 9.97 Å². The molecule has 0 saturated carbocycles. The van der Waals surface area contributed by atoms with Crippen molar-refractivity contribution in [1.82, 2.24) is 9.97 Å². The van der Waals surface area contributed by atoms with Crippen LogP contribution in [0, 0.1) is 27.7 Å². The number of aromatic nitrogens is 2. The summed E-state index contributed by atoms with van der Waals surface area (Å²) in [5, 5.41) is 0. The summed E-state index contributed by atoms with van der Waals surface area (Å²) in [5.41, 5.74) is 20.9. The summed E-state index contributed by atoms with van der Waals surface area (Å²) >= 11 is 0. The van der Waals surface area contributed by atoms with E-state index in [-0.39, 0.29) is 0 Å². The minimum absolute atomic E-state index is 0.802. The fourth-order valence-electron chi connectivity index (χ4n) is 7.09. The summed E-state index contributed by atoms with van der Waals surface area (Å²) in [6, 6.07) is 0. The Morgan fingerprint density at radius 3 is 1.22 bits per heavy atom. The maximum Gasteiger partial charge on any atom is 0.0686 e. The Balaban J connectivity index is 1.72. The van der Waals surface area contributed by atoms with Gasteiger partial charge in [-0.05, 0) is 150 Å². The summed E-state index contributed by atoms with van der Waals surface area (Å²) in [6.07, 6.45) is 19.5. The third kappa shape index (κ3) is 7.81. The zero-order valence-corrected chi connectivity index (χ0v) is 30.2. The van der Waals surface area contributed by atoms with Crippen LogP contribution >= 0.6 is 0 Å². The Morgan fingerprint density at radius 2 is 0.867 bits per heavy atom. The van der Waals surface area contributed by atoms with Crippen LogP contribution in [0.2, 0.25) is 0 Å². The van der Waals surface area contributed by atoms with Crippen LogP contribution in [0.5, 0.6) is 0 Å². The average molecular weight is 609 g/mol. The van der Waals surface area contributed by atoms with Gasteiger partial charge in [-0.3, -0.25) is 9.98 Å². The number of aliphatic imine (C=N–C) groups is 2. The fraction of sp³-hybridized carbons (Fsp3) is 0.561. The number of hydrogen-bond donors (Lipinski definition) is 2. The van der Waals surface area contributed by atoms with E-state index < -0.39 is 0 Å². The molecule has 0 aromatic carbocycles. The molecule has 0 radical (unpaired) electrons. The van der Waals surface area contributed by atoms with E-state index in [1.54, 1.807) is 0 Å². The second-order valence-electron chi connectivity index (χ2n) is 13.5. The van der Waals surface area contributed by atoms with Crippen LogP contribution in [0.25, 0.3) is 12.2 Å². The summed E-state index contributed by atoms with van der Waals surface area (Å²) in [6.45, 7) is 22.6. The number of aryl methyl sites for hydroxylation is 2. The molecule has 2 N–H and O–H groups in total. The first-order chi connectivity index (χ1) is 21.6. The topological polar surface area (TPSA) is 56.3 Å². The Kier molecular flexibility index (Phi) is 12.3. The SMILES string of the molecule is CCCCC1=C(C)/C(=C/c2[nH]c(C)c(CCCC)c2C)N=C1CC1=N/C(=C/c2[nH]c(C)c(CCCC)c2C)C(C)=C1CCCC. The van der Waals surface area contributed by atoms with Crippen molar-refractivity contribution in [3.05, 3.63) is 78.7 Å². The lowest BCUT2D eigenvalue weighted by molar-refractivity contribution is 0.788. The van der Waals surface area contributed by atoms with E-state index in [4.69, 9.17) is 9.98 Å². The van der Waals surface area contributed by atoms with Crippen LogP contribution in [-0.4, -0.2) is 21.4 Å². The standard InChI is InChI=1S/C41H60N4/c1-11-15-19-32-26(5)36(42-30(32)9)23-38-28(7)34(21-17-13-3)40(44-38)25-41-35(22-18-14-4)29(8)39(45-41)24-37-27(6)33(20-16-12-2)31(10)43-37/h23-24,42-43H,11-22,25H2,1-10H3/b38-23-,39-24+. The van der Waals surface area contributed by atoms with Crippen molar-refractivity contribution in [2.75, 3.05) is 0 Å². The average Bonchev–Trinajstić information content (AvgIpc) is 3.66. The van der Waals surface area contributed by atoms with Crippen LogP contribution in [-0.2, 0) is 12.8 Å². The lowest BCUT2D eigenvalue weighted by Gasteiger charge is -2.11. The smallest absolute Gasteiger partial charge is 0.0686 e. The van der Waals surface area contributed by atoms with Gasteiger partial charge in [0.2, 0.25) is 0 Å². The highest BCUT2D eigenvalue weighted by molar-refractivity contribution is 6.21. The highest BCUT2D eigenvalue weighted by Gasteiger charge is 2.27. The van der Waals surface area contributed by atoms with Crippen LogP contribution in [0.15, 0.2) is 43.7 Å². The van der Waals surface area contributed by atoms with Gasteiger partial charge in [0.15, 0.2) is 0 Å². The Bertz CT molecular complexity index is 1440. The molecule has 4 heterocycles. The Hall–Kier alpha value is -3.14. The lowest BCUT2D eigenvalue weighted by atomic mass is 9.92. The minimum Gasteiger partial charge on any atom is -0.359 e. The predicted molar refractivity (Wildman–Crippen MR) is 198 cm³/mol. The Labute approximate surface area is 274 Å². The van der Waals surface area contributed by atoms with Crippen molar-refractivity contribution < 1.29 is 0 Å². The van der Waals surface area contributed by atoms with E-state index in [1.807, 2.05) is 0 Å². The molecule has 2 aromatic heterocycles. The quantitative estimate of drug-likeness (QED) is 0.190. The normalized spacial score (nSPS) is 17.1. The van der Waals surface area contributed by atoms with Crippen molar-refractivity contribution >= 4 is 23.6 Å². The number of unbranched alkanes of at least 4 members (excludes halogenated alkanes) is 4. The van der Waals surface area contributed by atoms with Gasteiger partial charge in [0, 0.05) is 29.2 Å². The van der Waals surface area contributed by atoms with E-state index in [0.717, 1.165) is 43.5 Å². The highest BCUT2D eigenvalue weighted by Crippen LogP contribution is 2.37. The number of H-pyrrole nitrogens is 2. The molecule has 0 saturated heterocycles. The molecule has 0 aliphatic carbocycles. The molecule has 0 fully saturated rings. The maximum atomic E-state index is 5.37. The van der Waals surface area contributed by atoms with Crippen LogP contribution < -0.4 is 0 Å². The van der Waals surface area contributed by atoms with Gasteiger partial charge in [0.1, 0.15) is 0 Å².